The molecule has 0 radical (unpaired) electrons. The van der Waals surface area contributed by atoms with Gasteiger partial charge in [-0.25, -0.2) is 4.98 Å². The Hall–Kier alpha value is -1.39. The van der Waals surface area contributed by atoms with Crippen LogP contribution < -0.4 is 5.32 Å². The van der Waals surface area contributed by atoms with Crippen LogP contribution in [-0.2, 0) is 6.42 Å². The molecule has 0 fully saturated rings. The van der Waals surface area contributed by atoms with E-state index >= 15 is 0 Å². The molecule has 19 heavy (non-hydrogen) atoms. The summed E-state index contributed by atoms with van der Waals surface area (Å²) < 4.78 is 0.852. The van der Waals surface area contributed by atoms with Gasteiger partial charge in [-0.3, -0.25) is 4.79 Å². The molecule has 5 heteroatoms. The van der Waals surface area contributed by atoms with E-state index < -0.39 is 0 Å². The highest BCUT2D eigenvalue weighted by atomic mass is 79.9. The van der Waals surface area contributed by atoms with E-state index in [1.54, 1.807) is 18.3 Å². The van der Waals surface area contributed by atoms with Crippen LogP contribution in [0.25, 0.3) is 0 Å². The molecule has 0 atom stereocenters. The first-order valence-corrected chi connectivity index (χ1v) is 6.96. The number of halogens is 2. The van der Waals surface area contributed by atoms with Crippen LogP contribution in [0.2, 0.25) is 5.02 Å². The molecular formula is C14H12BrClN2O. The molecule has 98 valence electrons. The predicted molar refractivity (Wildman–Crippen MR) is 79.4 cm³/mol. The average molecular weight is 340 g/mol. The Labute approximate surface area is 125 Å². The Morgan fingerprint density at radius 3 is 2.58 bits per heavy atom. The molecule has 0 saturated heterocycles. The largest absolute Gasteiger partial charge is 0.350 e. The molecule has 1 aromatic heterocycles. The lowest BCUT2D eigenvalue weighted by atomic mass is 10.1. The predicted octanol–water partition coefficient (Wildman–Crippen LogP) is 3.47. The lowest BCUT2D eigenvalue weighted by molar-refractivity contribution is 0.0949. The highest BCUT2D eigenvalue weighted by molar-refractivity contribution is 9.10. The smallest absolute Gasteiger partial charge is 0.269 e. The molecule has 1 aromatic carbocycles. The molecule has 0 saturated carbocycles. The van der Waals surface area contributed by atoms with E-state index in [9.17, 15) is 4.79 Å². The van der Waals surface area contributed by atoms with Crippen LogP contribution >= 0.6 is 27.5 Å². The van der Waals surface area contributed by atoms with Gasteiger partial charge in [-0.15, -0.1) is 0 Å². The highest BCUT2D eigenvalue weighted by Gasteiger charge is 2.05. The van der Waals surface area contributed by atoms with Crippen molar-refractivity contribution in [2.45, 2.75) is 6.42 Å². The zero-order valence-corrected chi connectivity index (χ0v) is 12.4. The number of carbonyl (C=O) groups is 1. The third-order valence-corrected chi connectivity index (χ3v) is 3.29. The minimum Gasteiger partial charge on any atom is -0.350 e. The molecule has 0 bridgehead atoms. The van der Waals surface area contributed by atoms with Crippen molar-refractivity contribution in [2.24, 2.45) is 0 Å². The second-order valence-electron chi connectivity index (χ2n) is 3.99. The van der Waals surface area contributed by atoms with Crippen LogP contribution in [0.15, 0.2) is 47.1 Å². The third kappa shape index (κ3) is 4.33. The highest BCUT2D eigenvalue weighted by Crippen LogP contribution is 2.10. The van der Waals surface area contributed by atoms with Crippen molar-refractivity contribution in [1.29, 1.82) is 0 Å². The summed E-state index contributed by atoms with van der Waals surface area (Å²) in [6, 6.07) is 11.1. The molecule has 3 nitrogen and oxygen atoms in total. The van der Waals surface area contributed by atoms with E-state index in [0.717, 1.165) is 16.5 Å². The fourth-order valence-corrected chi connectivity index (χ4v) is 1.93. The van der Waals surface area contributed by atoms with Crippen molar-refractivity contribution in [2.75, 3.05) is 6.54 Å². The van der Waals surface area contributed by atoms with Crippen LogP contribution in [0.3, 0.4) is 0 Å². The monoisotopic (exact) mass is 338 g/mol. The van der Waals surface area contributed by atoms with E-state index in [-0.39, 0.29) is 5.91 Å². The minimum atomic E-state index is -0.165. The molecule has 0 aliphatic carbocycles. The normalized spacial score (nSPS) is 10.2. The molecule has 0 unspecified atom stereocenters. The number of hydrogen-bond acceptors (Lipinski definition) is 2. The van der Waals surface area contributed by atoms with Crippen LogP contribution in [0.4, 0.5) is 0 Å². The summed E-state index contributed by atoms with van der Waals surface area (Å²) in [6.07, 6.45) is 2.37. The lowest BCUT2D eigenvalue weighted by Crippen LogP contribution is -2.26. The van der Waals surface area contributed by atoms with Crippen molar-refractivity contribution in [3.63, 3.8) is 0 Å². The Balaban J connectivity index is 1.84. The zero-order chi connectivity index (χ0) is 13.7. The van der Waals surface area contributed by atoms with Crippen molar-refractivity contribution >= 4 is 33.4 Å². The summed E-state index contributed by atoms with van der Waals surface area (Å²) in [5.41, 5.74) is 1.55. The van der Waals surface area contributed by atoms with E-state index in [1.807, 2.05) is 24.3 Å². The van der Waals surface area contributed by atoms with Gasteiger partial charge in [0, 0.05) is 22.2 Å². The number of nitrogens with zero attached hydrogens (tertiary/aromatic N) is 1. The van der Waals surface area contributed by atoms with Crippen molar-refractivity contribution in [3.05, 3.63) is 63.3 Å². The van der Waals surface area contributed by atoms with Gasteiger partial charge in [-0.2, -0.15) is 0 Å². The maximum atomic E-state index is 11.8. The van der Waals surface area contributed by atoms with Crippen LogP contribution in [0, 0.1) is 0 Å². The van der Waals surface area contributed by atoms with Gasteiger partial charge in [0.1, 0.15) is 5.69 Å². The summed E-state index contributed by atoms with van der Waals surface area (Å²) in [5, 5.41) is 3.55. The number of amides is 1. The SMILES string of the molecule is O=C(NCCc1ccc(Cl)cc1)c1ccc(Br)cn1. The number of rotatable bonds is 4. The van der Waals surface area contributed by atoms with E-state index in [4.69, 9.17) is 11.6 Å². The van der Waals surface area contributed by atoms with Crippen LogP contribution in [0.5, 0.6) is 0 Å². The van der Waals surface area contributed by atoms with Gasteiger partial charge in [-0.05, 0) is 52.2 Å². The molecule has 0 aliphatic heterocycles. The molecule has 1 amide bonds. The maximum Gasteiger partial charge on any atom is 0.269 e. The van der Waals surface area contributed by atoms with Crippen LogP contribution in [-0.4, -0.2) is 17.4 Å². The van der Waals surface area contributed by atoms with Gasteiger partial charge in [0.15, 0.2) is 0 Å². The summed E-state index contributed by atoms with van der Waals surface area (Å²) in [7, 11) is 0. The van der Waals surface area contributed by atoms with E-state index in [1.165, 1.54) is 0 Å². The van der Waals surface area contributed by atoms with Gasteiger partial charge in [0.25, 0.3) is 5.91 Å². The first kappa shape index (κ1) is 14.0. The molecule has 1 heterocycles. The van der Waals surface area contributed by atoms with Gasteiger partial charge in [0.05, 0.1) is 0 Å². The Kier molecular flexibility index (Phi) is 4.93. The van der Waals surface area contributed by atoms with Crippen LogP contribution in [0.1, 0.15) is 16.1 Å². The Morgan fingerprint density at radius 2 is 1.95 bits per heavy atom. The summed E-state index contributed by atoms with van der Waals surface area (Å²) in [4.78, 5) is 15.8. The number of benzene rings is 1. The van der Waals surface area contributed by atoms with Gasteiger partial charge in [-0.1, -0.05) is 23.7 Å². The third-order valence-electron chi connectivity index (χ3n) is 2.57. The van der Waals surface area contributed by atoms with Crippen molar-refractivity contribution in [1.82, 2.24) is 10.3 Å². The first-order chi connectivity index (χ1) is 9.15. The summed E-state index contributed by atoms with van der Waals surface area (Å²) >= 11 is 9.09. The molecule has 2 aromatic rings. The second kappa shape index (κ2) is 6.68. The standard InChI is InChI=1S/C14H12BrClN2O/c15-11-3-6-13(18-9-11)14(19)17-8-7-10-1-4-12(16)5-2-10/h1-6,9H,7-8H2,(H,17,19). The van der Waals surface area contributed by atoms with E-state index in [0.29, 0.717) is 17.3 Å². The Morgan fingerprint density at radius 1 is 1.21 bits per heavy atom. The summed E-state index contributed by atoms with van der Waals surface area (Å²) in [6.45, 7) is 0.568. The van der Waals surface area contributed by atoms with E-state index in [2.05, 4.69) is 26.2 Å². The van der Waals surface area contributed by atoms with Crippen molar-refractivity contribution < 1.29 is 4.79 Å². The average Bonchev–Trinajstić information content (AvgIpc) is 2.41. The number of pyridine rings is 1. The molecular weight excluding hydrogens is 328 g/mol. The molecule has 1 N–H and O–H groups in total. The van der Waals surface area contributed by atoms with Crippen molar-refractivity contribution in [3.8, 4) is 0 Å². The topological polar surface area (TPSA) is 42.0 Å². The lowest BCUT2D eigenvalue weighted by Gasteiger charge is -2.05. The Bertz CT molecular complexity index is 555. The first-order valence-electron chi connectivity index (χ1n) is 5.79. The van der Waals surface area contributed by atoms with Gasteiger partial charge >= 0.3 is 0 Å². The molecule has 2 rings (SSSR count). The fraction of sp³-hybridized carbons (Fsp3) is 0.143. The molecule has 0 spiro atoms. The fourth-order valence-electron chi connectivity index (χ4n) is 1.57. The number of carbonyl (C=O) groups excluding carboxylic acids is 1. The quantitative estimate of drug-likeness (QED) is 0.927. The zero-order valence-electron chi connectivity index (χ0n) is 10.1. The molecule has 0 aliphatic rings. The minimum absolute atomic E-state index is 0.165. The maximum absolute atomic E-state index is 11.8. The second-order valence-corrected chi connectivity index (χ2v) is 5.35. The summed E-state index contributed by atoms with van der Waals surface area (Å²) in [5.74, 6) is -0.165. The number of hydrogen-bond donors (Lipinski definition) is 1. The number of nitrogens with one attached hydrogen (secondary N) is 1. The van der Waals surface area contributed by atoms with Gasteiger partial charge < -0.3 is 5.32 Å². The van der Waals surface area contributed by atoms with Gasteiger partial charge in [0.2, 0.25) is 0 Å². The number of aromatic nitrogens is 1.